The summed E-state index contributed by atoms with van der Waals surface area (Å²) in [7, 11) is 0. The molecule has 14 rings (SSSR count). The van der Waals surface area contributed by atoms with Crippen LogP contribution < -0.4 is 0 Å². The molecule has 0 bridgehead atoms. The van der Waals surface area contributed by atoms with Gasteiger partial charge in [0.25, 0.3) is 0 Å². The lowest BCUT2D eigenvalue weighted by Gasteiger charge is -2.42. The fourth-order valence-corrected chi connectivity index (χ4v) is 12.3. The van der Waals surface area contributed by atoms with Crippen molar-refractivity contribution in [1.29, 1.82) is 0 Å². The van der Waals surface area contributed by atoms with Gasteiger partial charge in [0.05, 0.1) is 44.3 Å². The Morgan fingerprint density at radius 3 is 1.36 bits per heavy atom. The molecule has 2 nitrogen and oxygen atoms in total. The first kappa shape index (κ1) is 35.4. The van der Waals surface area contributed by atoms with Gasteiger partial charge in [-0.05, 0) is 86.0 Å². The molecule has 0 amide bonds. The average molecular weight is 813 g/mol. The van der Waals surface area contributed by atoms with E-state index in [2.05, 4.69) is 252 Å². The Morgan fingerprint density at radius 2 is 0.719 bits per heavy atom. The molecular formula is C62H40N2. The second kappa shape index (κ2) is 13.2. The molecule has 4 heterocycles. The fourth-order valence-electron chi connectivity index (χ4n) is 12.3. The van der Waals surface area contributed by atoms with Gasteiger partial charge in [-0.2, -0.15) is 0 Å². The zero-order valence-electron chi connectivity index (χ0n) is 35.0. The lowest BCUT2D eigenvalue weighted by atomic mass is 9.62. The standard InChI is InChI=1S/C62H40N2/c1-4-21-42(22-5-1)61(43-23-6-2-7-24-43)50-31-12-17-37-57(50)64-55-35-15-11-29-49(55)58-46(38-39-53(61)60(58)64)41-20-18-27-45(40-41)62(44-25-8-3-9-26-44)51-32-13-16-36-56(51)63-54-34-14-10-28-47(54)48-30-19-33-52(62)59(48)63/h1-40H. The zero-order valence-corrected chi connectivity index (χ0v) is 35.0. The number of fused-ring (bicyclic) bond motifs is 10. The topological polar surface area (TPSA) is 9.86 Å². The molecule has 2 aliphatic heterocycles. The van der Waals surface area contributed by atoms with Crippen molar-refractivity contribution in [2.75, 3.05) is 0 Å². The highest BCUT2D eigenvalue weighted by atomic mass is 15.0. The Hall–Kier alpha value is -8.20. The summed E-state index contributed by atoms with van der Waals surface area (Å²) in [5.41, 5.74) is 18.8. The molecule has 2 heteroatoms. The van der Waals surface area contributed by atoms with Crippen molar-refractivity contribution in [2.45, 2.75) is 10.8 Å². The van der Waals surface area contributed by atoms with Crippen molar-refractivity contribution in [2.24, 2.45) is 0 Å². The predicted molar refractivity (Wildman–Crippen MR) is 264 cm³/mol. The Balaban J connectivity index is 1.11. The molecule has 0 fully saturated rings. The molecule has 12 aromatic rings. The maximum atomic E-state index is 2.55. The Bertz CT molecular complexity index is 3800. The van der Waals surface area contributed by atoms with Crippen LogP contribution in [0, 0.1) is 0 Å². The maximum absolute atomic E-state index is 2.55. The van der Waals surface area contributed by atoms with Crippen LogP contribution in [0.3, 0.4) is 0 Å². The van der Waals surface area contributed by atoms with E-state index in [0.717, 1.165) is 0 Å². The molecule has 0 radical (unpaired) electrons. The molecule has 0 spiro atoms. The van der Waals surface area contributed by atoms with E-state index in [0.29, 0.717) is 0 Å². The van der Waals surface area contributed by atoms with E-state index in [1.54, 1.807) is 0 Å². The summed E-state index contributed by atoms with van der Waals surface area (Å²) in [5.74, 6) is 0. The average Bonchev–Trinajstić information content (AvgIpc) is 3.91. The lowest BCUT2D eigenvalue weighted by molar-refractivity contribution is 0.727. The van der Waals surface area contributed by atoms with E-state index in [1.165, 1.54) is 111 Å². The first-order valence-corrected chi connectivity index (χ1v) is 22.4. The summed E-state index contributed by atoms with van der Waals surface area (Å²) in [6, 6.07) is 90.9. The van der Waals surface area contributed by atoms with Crippen LogP contribution in [0.25, 0.3) is 66.1 Å². The third kappa shape index (κ3) is 4.39. The molecular weight excluding hydrogens is 773 g/mol. The number of aromatic nitrogens is 2. The van der Waals surface area contributed by atoms with Crippen LogP contribution in [0.1, 0.15) is 44.5 Å². The van der Waals surface area contributed by atoms with Crippen molar-refractivity contribution in [3.8, 4) is 22.5 Å². The molecule has 2 aliphatic rings. The molecule has 0 N–H and O–H groups in total. The number of rotatable bonds is 5. The zero-order chi connectivity index (χ0) is 42.0. The van der Waals surface area contributed by atoms with Crippen molar-refractivity contribution < 1.29 is 0 Å². The summed E-state index contributed by atoms with van der Waals surface area (Å²) in [5, 5.41) is 5.08. The number of nitrogens with zero attached hydrogens (tertiary/aromatic N) is 2. The van der Waals surface area contributed by atoms with Gasteiger partial charge in [-0.1, -0.05) is 212 Å². The smallest absolute Gasteiger partial charge is 0.0742 e. The molecule has 1 atom stereocenters. The molecule has 0 saturated heterocycles. The maximum Gasteiger partial charge on any atom is 0.0742 e. The molecule has 64 heavy (non-hydrogen) atoms. The van der Waals surface area contributed by atoms with E-state index in [4.69, 9.17) is 0 Å². The van der Waals surface area contributed by atoms with Crippen LogP contribution >= 0.6 is 0 Å². The van der Waals surface area contributed by atoms with Crippen LogP contribution in [0.15, 0.2) is 243 Å². The van der Waals surface area contributed by atoms with Crippen molar-refractivity contribution in [1.82, 2.24) is 9.13 Å². The minimum atomic E-state index is -0.606. The third-order valence-corrected chi connectivity index (χ3v) is 14.6. The second-order valence-corrected chi connectivity index (χ2v) is 17.5. The minimum absolute atomic E-state index is 0.553. The first-order chi connectivity index (χ1) is 31.8. The summed E-state index contributed by atoms with van der Waals surface area (Å²) in [6.07, 6.45) is 0. The monoisotopic (exact) mass is 812 g/mol. The first-order valence-electron chi connectivity index (χ1n) is 22.4. The second-order valence-electron chi connectivity index (χ2n) is 17.5. The SMILES string of the molecule is c1ccc(C2(c3cccc(-c4ccc5c6c4c4ccccc4n6-c4ccccc4C5(c4ccccc4)c4ccccc4)c3)c3ccccc3-n3c4ccccc4c4cccc2c43)cc1. The van der Waals surface area contributed by atoms with Gasteiger partial charge in [-0.3, -0.25) is 0 Å². The normalized spacial score (nSPS) is 15.7. The van der Waals surface area contributed by atoms with Gasteiger partial charge in [-0.25, -0.2) is 0 Å². The van der Waals surface area contributed by atoms with Crippen LogP contribution in [0.2, 0.25) is 0 Å². The number of benzene rings is 10. The van der Waals surface area contributed by atoms with E-state index < -0.39 is 10.8 Å². The quantitative estimate of drug-likeness (QED) is 0.164. The number of hydrogen-bond acceptors (Lipinski definition) is 0. The van der Waals surface area contributed by atoms with Gasteiger partial charge < -0.3 is 9.13 Å². The summed E-state index contributed by atoms with van der Waals surface area (Å²) in [4.78, 5) is 0. The Morgan fingerprint density at radius 1 is 0.281 bits per heavy atom. The minimum Gasteiger partial charge on any atom is -0.309 e. The lowest BCUT2D eigenvalue weighted by Crippen LogP contribution is -2.35. The molecule has 10 aromatic carbocycles. The molecule has 2 aromatic heterocycles. The van der Waals surface area contributed by atoms with Gasteiger partial charge in [0.15, 0.2) is 0 Å². The summed E-state index contributed by atoms with van der Waals surface area (Å²) < 4.78 is 5.06. The molecule has 0 saturated carbocycles. The Labute approximate surface area is 371 Å². The van der Waals surface area contributed by atoms with E-state index in [9.17, 15) is 0 Å². The van der Waals surface area contributed by atoms with Crippen LogP contribution in [0.5, 0.6) is 0 Å². The fraction of sp³-hybridized carbons (Fsp3) is 0.0323. The van der Waals surface area contributed by atoms with E-state index >= 15 is 0 Å². The third-order valence-electron chi connectivity index (χ3n) is 14.6. The van der Waals surface area contributed by atoms with Crippen molar-refractivity contribution in [3.05, 3.63) is 287 Å². The largest absolute Gasteiger partial charge is 0.309 e. The molecule has 1 unspecified atom stereocenters. The number of para-hydroxylation sites is 5. The van der Waals surface area contributed by atoms with Gasteiger partial charge in [0, 0.05) is 21.5 Å². The van der Waals surface area contributed by atoms with Crippen LogP contribution in [-0.2, 0) is 10.8 Å². The highest BCUT2D eigenvalue weighted by Gasteiger charge is 2.47. The van der Waals surface area contributed by atoms with Gasteiger partial charge in [-0.15, -0.1) is 0 Å². The summed E-state index contributed by atoms with van der Waals surface area (Å²) in [6.45, 7) is 0. The molecule has 0 aliphatic carbocycles. The van der Waals surface area contributed by atoms with Crippen molar-refractivity contribution >= 4 is 43.6 Å². The van der Waals surface area contributed by atoms with Gasteiger partial charge >= 0.3 is 0 Å². The van der Waals surface area contributed by atoms with E-state index in [1.807, 2.05) is 0 Å². The number of hydrogen-bond donors (Lipinski definition) is 0. The van der Waals surface area contributed by atoms with Crippen molar-refractivity contribution in [3.63, 3.8) is 0 Å². The van der Waals surface area contributed by atoms with Gasteiger partial charge in [0.1, 0.15) is 0 Å². The summed E-state index contributed by atoms with van der Waals surface area (Å²) >= 11 is 0. The predicted octanol–water partition coefficient (Wildman–Crippen LogP) is 14.9. The van der Waals surface area contributed by atoms with Crippen LogP contribution in [0.4, 0.5) is 0 Å². The Kier molecular flexibility index (Phi) is 7.28. The van der Waals surface area contributed by atoms with E-state index in [-0.39, 0.29) is 0 Å². The van der Waals surface area contributed by atoms with Crippen LogP contribution in [-0.4, -0.2) is 9.13 Å². The van der Waals surface area contributed by atoms with Gasteiger partial charge in [0.2, 0.25) is 0 Å². The molecule has 298 valence electrons. The highest BCUT2D eigenvalue weighted by Crippen LogP contribution is 2.57. The highest BCUT2D eigenvalue weighted by molar-refractivity contribution is 6.18.